The van der Waals surface area contributed by atoms with E-state index in [4.69, 9.17) is 4.74 Å². The van der Waals surface area contributed by atoms with Crippen molar-refractivity contribution in [3.63, 3.8) is 0 Å². The number of amides is 1. The highest BCUT2D eigenvalue weighted by atomic mass is 127. The van der Waals surface area contributed by atoms with Crippen molar-refractivity contribution in [2.75, 3.05) is 46.9 Å². The second-order valence-corrected chi connectivity index (χ2v) is 5.53. The summed E-state index contributed by atoms with van der Waals surface area (Å²) in [6.07, 6.45) is 0.824. The minimum atomic E-state index is 0. The average Bonchev–Trinajstić information content (AvgIpc) is 2.58. The van der Waals surface area contributed by atoms with Crippen LogP contribution >= 0.6 is 24.0 Å². The molecule has 0 bridgehead atoms. The number of hydrogen-bond donors (Lipinski definition) is 2. The zero-order chi connectivity index (χ0) is 17.8. The van der Waals surface area contributed by atoms with Crippen LogP contribution in [-0.2, 0) is 11.2 Å². The summed E-state index contributed by atoms with van der Waals surface area (Å²) in [7, 11) is 3.52. The Hall–Kier alpha value is -1.35. The SMILES string of the molecule is CCNC(=NCCOCC)NCCc1cccc(C(=O)N(C)C)c1.I. The molecule has 0 atom stereocenters. The molecule has 0 unspecified atom stereocenters. The van der Waals surface area contributed by atoms with E-state index in [9.17, 15) is 4.79 Å². The highest BCUT2D eigenvalue weighted by molar-refractivity contribution is 14.0. The molecule has 25 heavy (non-hydrogen) atoms. The van der Waals surface area contributed by atoms with E-state index in [1.807, 2.05) is 38.1 Å². The van der Waals surface area contributed by atoms with Gasteiger partial charge < -0.3 is 20.3 Å². The van der Waals surface area contributed by atoms with Gasteiger partial charge in [-0.2, -0.15) is 0 Å². The van der Waals surface area contributed by atoms with Crippen molar-refractivity contribution >= 4 is 35.8 Å². The second-order valence-electron chi connectivity index (χ2n) is 5.53. The zero-order valence-corrected chi connectivity index (χ0v) is 18.0. The van der Waals surface area contributed by atoms with Gasteiger partial charge in [0.2, 0.25) is 0 Å². The molecule has 0 spiro atoms. The lowest BCUT2D eigenvalue weighted by Crippen LogP contribution is -2.38. The molecule has 0 aliphatic heterocycles. The first-order valence-corrected chi connectivity index (χ1v) is 8.49. The zero-order valence-electron chi connectivity index (χ0n) is 15.7. The smallest absolute Gasteiger partial charge is 0.253 e. The van der Waals surface area contributed by atoms with E-state index in [0.29, 0.717) is 19.8 Å². The van der Waals surface area contributed by atoms with E-state index in [-0.39, 0.29) is 29.9 Å². The lowest BCUT2D eigenvalue weighted by molar-refractivity contribution is 0.0827. The molecule has 0 fully saturated rings. The first kappa shape index (κ1) is 23.6. The fraction of sp³-hybridized carbons (Fsp3) is 0.556. The number of benzene rings is 1. The number of nitrogens with one attached hydrogen (secondary N) is 2. The molecular weight excluding hydrogens is 431 g/mol. The van der Waals surface area contributed by atoms with E-state index in [1.54, 1.807) is 19.0 Å². The number of aliphatic imine (C=N–C) groups is 1. The number of rotatable bonds is 9. The molecule has 1 aromatic rings. The van der Waals surface area contributed by atoms with Crippen LogP contribution < -0.4 is 10.6 Å². The Morgan fingerprint density at radius 3 is 2.64 bits per heavy atom. The molecule has 142 valence electrons. The number of carbonyl (C=O) groups is 1. The number of halogens is 1. The van der Waals surface area contributed by atoms with Gasteiger partial charge in [-0.25, -0.2) is 0 Å². The Morgan fingerprint density at radius 1 is 1.24 bits per heavy atom. The highest BCUT2D eigenvalue weighted by Crippen LogP contribution is 2.07. The summed E-state index contributed by atoms with van der Waals surface area (Å²) in [6, 6.07) is 7.75. The molecule has 0 aliphatic carbocycles. The third kappa shape index (κ3) is 9.64. The summed E-state index contributed by atoms with van der Waals surface area (Å²) in [4.78, 5) is 18.1. The van der Waals surface area contributed by atoms with Gasteiger partial charge in [0.15, 0.2) is 5.96 Å². The van der Waals surface area contributed by atoms with Crippen molar-refractivity contribution in [3.8, 4) is 0 Å². The summed E-state index contributed by atoms with van der Waals surface area (Å²) in [5.41, 5.74) is 1.84. The molecule has 0 radical (unpaired) electrons. The van der Waals surface area contributed by atoms with Crippen LogP contribution in [0.15, 0.2) is 29.3 Å². The van der Waals surface area contributed by atoms with Gasteiger partial charge >= 0.3 is 0 Å². The molecule has 1 aromatic carbocycles. The fourth-order valence-corrected chi connectivity index (χ4v) is 2.15. The van der Waals surface area contributed by atoms with Crippen molar-refractivity contribution in [3.05, 3.63) is 35.4 Å². The van der Waals surface area contributed by atoms with E-state index in [0.717, 1.165) is 36.6 Å². The van der Waals surface area contributed by atoms with Crippen LogP contribution in [0.4, 0.5) is 0 Å². The molecule has 0 saturated carbocycles. The van der Waals surface area contributed by atoms with E-state index >= 15 is 0 Å². The maximum Gasteiger partial charge on any atom is 0.253 e. The highest BCUT2D eigenvalue weighted by Gasteiger charge is 2.08. The molecule has 0 saturated heterocycles. The van der Waals surface area contributed by atoms with Gasteiger partial charge in [0.05, 0.1) is 13.2 Å². The monoisotopic (exact) mass is 462 g/mol. The molecule has 0 aromatic heterocycles. The molecule has 1 amide bonds. The van der Waals surface area contributed by atoms with Crippen LogP contribution in [0.25, 0.3) is 0 Å². The number of ether oxygens (including phenoxy) is 1. The molecule has 0 heterocycles. The predicted octanol–water partition coefficient (Wildman–Crippen LogP) is 2.14. The summed E-state index contributed by atoms with van der Waals surface area (Å²) >= 11 is 0. The van der Waals surface area contributed by atoms with Crippen molar-refractivity contribution in [2.24, 2.45) is 4.99 Å². The first-order valence-electron chi connectivity index (χ1n) is 8.49. The minimum absolute atomic E-state index is 0. The van der Waals surface area contributed by atoms with Crippen LogP contribution in [0.1, 0.15) is 29.8 Å². The van der Waals surface area contributed by atoms with Gasteiger partial charge in [-0.15, -0.1) is 24.0 Å². The second kappa shape index (κ2) is 13.9. The largest absolute Gasteiger partial charge is 0.380 e. The fourth-order valence-electron chi connectivity index (χ4n) is 2.15. The Labute approximate surface area is 168 Å². The van der Waals surface area contributed by atoms with Crippen molar-refractivity contribution < 1.29 is 9.53 Å². The maximum absolute atomic E-state index is 12.0. The normalized spacial score (nSPS) is 10.8. The van der Waals surface area contributed by atoms with E-state index in [1.165, 1.54) is 0 Å². The predicted molar refractivity (Wildman–Crippen MR) is 114 cm³/mol. The van der Waals surface area contributed by atoms with Gasteiger partial charge in [0, 0.05) is 39.4 Å². The van der Waals surface area contributed by atoms with E-state index < -0.39 is 0 Å². The number of carbonyl (C=O) groups excluding carboxylic acids is 1. The summed E-state index contributed by atoms with van der Waals surface area (Å²) in [6.45, 7) is 7.55. The molecule has 7 heteroatoms. The lowest BCUT2D eigenvalue weighted by atomic mass is 10.1. The molecular formula is C18H31IN4O2. The van der Waals surface area contributed by atoms with Crippen LogP contribution in [0, 0.1) is 0 Å². The Balaban J connectivity index is 0.00000576. The van der Waals surface area contributed by atoms with Gasteiger partial charge in [-0.05, 0) is 38.0 Å². The van der Waals surface area contributed by atoms with Crippen LogP contribution in [0.2, 0.25) is 0 Å². The number of guanidine groups is 1. The minimum Gasteiger partial charge on any atom is -0.380 e. The number of nitrogens with zero attached hydrogens (tertiary/aromatic N) is 2. The van der Waals surface area contributed by atoms with Crippen LogP contribution in [0.5, 0.6) is 0 Å². The van der Waals surface area contributed by atoms with Crippen LogP contribution in [0.3, 0.4) is 0 Å². The third-order valence-corrected chi connectivity index (χ3v) is 3.34. The van der Waals surface area contributed by atoms with Crippen molar-refractivity contribution in [2.45, 2.75) is 20.3 Å². The molecule has 0 aliphatic rings. The quantitative estimate of drug-likeness (QED) is 0.256. The van der Waals surface area contributed by atoms with Crippen molar-refractivity contribution in [1.82, 2.24) is 15.5 Å². The van der Waals surface area contributed by atoms with Crippen LogP contribution in [-0.4, -0.2) is 63.7 Å². The topological polar surface area (TPSA) is 66.0 Å². The van der Waals surface area contributed by atoms with Crippen molar-refractivity contribution in [1.29, 1.82) is 0 Å². The summed E-state index contributed by atoms with van der Waals surface area (Å²) in [5.74, 6) is 0.813. The Kier molecular flexibility index (Phi) is 13.1. The molecule has 2 N–H and O–H groups in total. The lowest BCUT2D eigenvalue weighted by Gasteiger charge is -2.13. The molecule has 6 nitrogen and oxygen atoms in total. The standard InChI is InChI=1S/C18H30N4O2.HI/c1-5-19-18(21-12-13-24-6-2)20-11-10-15-8-7-9-16(14-15)17(23)22(3)4;/h7-9,14H,5-6,10-13H2,1-4H3,(H2,19,20,21);1H. The molecule has 1 rings (SSSR count). The third-order valence-electron chi connectivity index (χ3n) is 3.34. The van der Waals surface area contributed by atoms with Gasteiger partial charge in [0.1, 0.15) is 0 Å². The first-order chi connectivity index (χ1) is 11.6. The summed E-state index contributed by atoms with van der Waals surface area (Å²) < 4.78 is 5.29. The maximum atomic E-state index is 12.0. The van der Waals surface area contributed by atoms with E-state index in [2.05, 4.69) is 15.6 Å². The summed E-state index contributed by atoms with van der Waals surface area (Å²) in [5, 5.41) is 6.52. The average molecular weight is 462 g/mol. The van der Waals surface area contributed by atoms with Gasteiger partial charge in [0.25, 0.3) is 5.91 Å². The number of hydrogen-bond acceptors (Lipinski definition) is 3. The Morgan fingerprint density at radius 2 is 2.00 bits per heavy atom. The van der Waals surface area contributed by atoms with Gasteiger partial charge in [-0.1, -0.05) is 12.1 Å². The Bertz CT molecular complexity index is 536. The van der Waals surface area contributed by atoms with Gasteiger partial charge in [-0.3, -0.25) is 9.79 Å².